The summed E-state index contributed by atoms with van der Waals surface area (Å²) in [4.78, 5) is 16.9. The van der Waals surface area contributed by atoms with Crippen LogP contribution >= 0.6 is 7.82 Å². The predicted molar refractivity (Wildman–Crippen MR) is 82.7 cm³/mol. The molecule has 0 heterocycles. The van der Waals surface area contributed by atoms with Gasteiger partial charge in [0.25, 0.3) is 0 Å². The van der Waals surface area contributed by atoms with E-state index in [1.165, 1.54) is 57.8 Å². The highest BCUT2D eigenvalue weighted by atomic mass is 31.2. The lowest BCUT2D eigenvalue weighted by Gasteiger charge is -2.06. The van der Waals surface area contributed by atoms with Gasteiger partial charge in [-0.2, -0.15) is 0 Å². The summed E-state index contributed by atoms with van der Waals surface area (Å²) in [6, 6.07) is 0. The summed E-state index contributed by atoms with van der Waals surface area (Å²) < 4.78 is 14.7. The van der Waals surface area contributed by atoms with E-state index in [0.717, 1.165) is 13.0 Å². The minimum Gasteiger partial charge on any atom is -0.314 e. The molecule has 0 atom stereocenters. The molecule has 0 unspecified atom stereocenters. The topological polar surface area (TPSA) is 78.8 Å². The fraction of sp³-hybridized carbons (Fsp3) is 1.00. The molecule has 0 rings (SSSR count). The van der Waals surface area contributed by atoms with Crippen molar-refractivity contribution in [3.63, 3.8) is 0 Å². The summed E-state index contributed by atoms with van der Waals surface area (Å²) in [7, 11) is -4.29. The maximum atomic E-state index is 10.4. The van der Waals surface area contributed by atoms with Gasteiger partial charge in [0.15, 0.2) is 0 Å². The molecular formula is C14H32NO4P. The minimum absolute atomic E-state index is 0.0576. The zero-order valence-corrected chi connectivity index (χ0v) is 13.7. The van der Waals surface area contributed by atoms with Crippen molar-refractivity contribution in [1.29, 1.82) is 0 Å². The Hall–Kier alpha value is 0.0700. The molecule has 0 aliphatic rings. The molecule has 6 heteroatoms. The molecule has 0 aromatic rings. The van der Waals surface area contributed by atoms with Crippen LogP contribution in [0.25, 0.3) is 0 Å². The van der Waals surface area contributed by atoms with Gasteiger partial charge >= 0.3 is 7.82 Å². The van der Waals surface area contributed by atoms with Gasteiger partial charge in [-0.25, -0.2) is 4.57 Å². The number of nitrogens with one attached hydrogen (secondary N) is 1. The molecule has 20 heavy (non-hydrogen) atoms. The van der Waals surface area contributed by atoms with Gasteiger partial charge in [0, 0.05) is 6.54 Å². The molecule has 0 bridgehead atoms. The third-order valence-corrected chi connectivity index (χ3v) is 3.76. The lowest BCUT2D eigenvalue weighted by Crippen LogP contribution is -2.20. The minimum atomic E-state index is -4.29. The molecule has 5 nitrogen and oxygen atoms in total. The van der Waals surface area contributed by atoms with E-state index in [2.05, 4.69) is 16.8 Å². The quantitative estimate of drug-likeness (QED) is 0.318. The molecule has 0 radical (unpaired) electrons. The van der Waals surface area contributed by atoms with Crippen LogP contribution in [0.15, 0.2) is 0 Å². The molecule has 0 saturated heterocycles. The van der Waals surface area contributed by atoms with Crippen LogP contribution < -0.4 is 5.32 Å². The zero-order valence-electron chi connectivity index (χ0n) is 12.9. The molecule has 0 amide bonds. The number of unbranched alkanes of at least 4 members (excludes halogenated alkanes) is 9. The zero-order chi connectivity index (χ0) is 15.1. The highest BCUT2D eigenvalue weighted by Gasteiger charge is 2.12. The summed E-state index contributed by atoms with van der Waals surface area (Å²) in [5.74, 6) is 0. The lowest BCUT2D eigenvalue weighted by atomic mass is 10.1. The van der Waals surface area contributed by atoms with E-state index in [9.17, 15) is 4.57 Å². The van der Waals surface area contributed by atoms with Crippen LogP contribution in [0.2, 0.25) is 0 Å². The summed E-state index contributed by atoms with van der Waals surface area (Å²) in [5.41, 5.74) is 0. The number of phosphoric ester groups is 1. The standard InChI is InChI=1S/C14H32NO4P/c1-2-3-4-5-6-7-8-9-10-11-12-15-13-14-19-20(16,17)18/h15H,2-14H2,1H3,(H2,16,17,18). The first kappa shape index (κ1) is 20.1. The Morgan fingerprint density at radius 3 is 1.85 bits per heavy atom. The molecule has 3 N–H and O–H groups in total. The van der Waals surface area contributed by atoms with Crippen LogP contribution in [0, 0.1) is 0 Å². The Labute approximate surface area is 123 Å². The van der Waals surface area contributed by atoms with E-state index in [1.54, 1.807) is 0 Å². The molecule has 0 aliphatic carbocycles. The normalized spacial score (nSPS) is 11.9. The van der Waals surface area contributed by atoms with Crippen LogP contribution in [-0.2, 0) is 9.09 Å². The average molecular weight is 309 g/mol. The fourth-order valence-corrected chi connectivity index (χ4v) is 2.43. The maximum absolute atomic E-state index is 10.4. The van der Waals surface area contributed by atoms with Crippen LogP contribution in [0.3, 0.4) is 0 Å². The largest absolute Gasteiger partial charge is 0.469 e. The van der Waals surface area contributed by atoms with Gasteiger partial charge in [-0.05, 0) is 13.0 Å². The second-order valence-electron chi connectivity index (χ2n) is 5.26. The second kappa shape index (κ2) is 14.0. The van der Waals surface area contributed by atoms with Crippen molar-refractivity contribution in [2.45, 2.75) is 71.1 Å². The highest BCUT2D eigenvalue weighted by molar-refractivity contribution is 7.46. The van der Waals surface area contributed by atoms with E-state index in [-0.39, 0.29) is 6.61 Å². The Morgan fingerprint density at radius 1 is 0.850 bits per heavy atom. The van der Waals surface area contributed by atoms with Gasteiger partial charge in [0.2, 0.25) is 0 Å². The third kappa shape index (κ3) is 18.1. The summed E-state index contributed by atoms with van der Waals surface area (Å²) >= 11 is 0. The van der Waals surface area contributed by atoms with Crippen molar-refractivity contribution in [3.05, 3.63) is 0 Å². The molecule has 0 aromatic carbocycles. The summed E-state index contributed by atoms with van der Waals surface area (Å²) in [5, 5.41) is 3.11. The van der Waals surface area contributed by atoms with Crippen molar-refractivity contribution in [1.82, 2.24) is 5.32 Å². The van der Waals surface area contributed by atoms with Crippen LogP contribution in [-0.4, -0.2) is 29.5 Å². The van der Waals surface area contributed by atoms with E-state index < -0.39 is 7.82 Å². The van der Waals surface area contributed by atoms with Gasteiger partial charge in [0.05, 0.1) is 6.61 Å². The van der Waals surface area contributed by atoms with Gasteiger partial charge in [0.1, 0.15) is 0 Å². The van der Waals surface area contributed by atoms with Crippen LogP contribution in [0.5, 0.6) is 0 Å². The second-order valence-corrected chi connectivity index (χ2v) is 6.50. The number of hydrogen-bond acceptors (Lipinski definition) is 3. The van der Waals surface area contributed by atoms with Gasteiger partial charge < -0.3 is 15.1 Å². The van der Waals surface area contributed by atoms with E-state index in [0.29, 0.717) is 6.54 Å². The van der Waals surface area contributed by atoms with Crippen LogP contribution in [0.1, 0.15) is 71.1 Å². The van der Waals surface area contributed by atoms with Gasteiger partial charge in [-0.3, -0.25) is 4.52 Å². The molecule has 0 spiro atoms. The molecule has 0 fully saturated rings. The Kier molecular flexibility index (Phi) is 14.1. The van der Waals surface area contributed by atoms with E-state index in [1.807, 2.05) is 0 Å². The number of rotatable bonds is 15. The smallest absolute Gasteiger partial charge is 0.314 e. The Morgan fingerprint density at radius 2 is 1.35 bits per heavy atom. The Bertz CT molecular complexity index is 245. The predicted octanol–water partition coefficient (Wildman–Crippen LogP) is 3.61. The molecule has 122 valence electrons. The van der Waals surface area contributed by atoms with Crippen molar-refractivity contribution in [2.24, 2.45) is 0 Å². The van der Waals surface area contributed by atoms with Crippen molar-refractivity contribution in [2.75, 3.05) is 19.7 Å². The first-order valence-electron chi connectivity index (χ1n) is 7.97. The van der Waals surface area contributed by atoms with E-state index in [4.69, 9.17) is 9.79 Å². The lowest BCUT2D eigenvalue weighted by molar-refractivity contribution is 0.197. The first-order chi connectivity index (χ1) is 9.56. The van der Waals surface area contributed by atoms with Crippen molar-refractivity contribution < 1.29 is 18.9 Å². The molecule has 0 saturated carbocycles. The third-order valence-electron chi connectivity index (χ3n) is 3.25. The molecule has 0 aliphatic heterocycles. The highest BCUT2D eigenvalue weighted by Crippen LogP contribution is 2.35. The van der Waals surface area contributed by atoms with Crippen LogP contribution in [0.4, 0.5) is 0 Å². The van der Waals surface area contributed by atoms with Gasteiger partial charge in [-0.1, -0.05) is 64.7 Å². The summed E-state index contributed by atoms with van der Waals surface area (Å²) in [6.07, 6.45) is 13.1. The first-order valence-corrected chi connectivity index (χ1v) is 9.50. The SMILES string of the molecule is CCCCCCCCCCCCNCCOP(=O)(O)O. The van der Waals surface area contributed by atoms with Gasteiger partial charge in [-0.15, -0.1) is 0 Å². The average Bonchev–Trinajstić information content (AvgIpc) is 2.38. The number of hydrogen-bond donors (Lipinski definition) is 3. The monoisotopic (exact) mass is 309 g/mol. The maximum Gasteiger partial charge on any atom is 0.469 e. The van der Waals surface area contributed by atoms with Crippen molar-refractivity contribution in [3.8, 4) is 0 Å². The molecule has 0 aromatic heterocycles. The fourth-order valence-electron chi connectivity index (χ4n) is 2.10. The number of phosphoric acid groups is 1. The summed E-state index contributed by atoms with van der Waals surface area (Å²) in [6.45, 7) is 3.68. The Balaban J connectivity index is 3.01. The van der Waals surface area contributed by atoms with E-state index >= 15 is 0 Å². The molecular weight excluding hydrogens is 277 g/mol. The van der Waals surface area contributed by atoms with Crippen molar-refractivity contribution >= 4 is 7.82 Å².